The lowest BCUT2D eigenvalue weighted by atomic mass is 10.2. The Morgan fingerprint density at radius 2 is 2.38 bits per heavy atom. The Morgan fingerprint density at radius 3 is 3.00 bits per heavy atom. The molecule has 0 unspecified atom stereocenters. The number of ketones is 1. The van der Waals surface area contributed by atoms with Crippen LogP contribution in [0.2, 0.25) is 0 Å². The molecule has 0 bridgehead atoms. The monoisotopic (exact) mass is 283 g/mol. The van der Waals surface area contributed by atoms with Crippen molar-refractivity contribution in [1.29, 1.82) is 0 Å². The molecule has 1 aliphatic rings. The van der Waals surface area contributed by atoms with Crippen molar-refractivity contribution in [2.75, 3.05) is 11.9 Å². The molecule has 16 heavy (non-hydrogen) atoms. The fourth-order valence-corrected chi connectivity index (χ4v) is 1.83. The predicted octanol–water partition coefficient (Wildman–Crippen LogP) is 0.714. The molecule has 2 rings (SSSR count). The van der Waals surface area contributed by atoms with Crippen LogP contribution < -0.4 is 10.6 Å². The Hall–Kier alpha value is -1.27. The smallest absolute Gasteiger partial charge is 0.243 e. The molecule has 1 fully saturated rings. The maximum absolute atomic E-state index is 11.7. The van der Waals surface area contributed by atoms with E-state index in [0.717, 1.165) is 0 Å². The van der Waals surface area contributed by atoms with Gasteiger partial charge < -0.3 is 5.32 Å². The highest BCUT2D eigenvalue weighted by atomic mass is 79.9. The highest BCUT2D eigenvalue weighted by Gasteiger charge is 2.27. The molecule has 1 aliphatic heterocycles. The highest BCUT2D eigenvalue weighted by molar-refractivity contribution is 9.10. The number of Topliss-reactive ketones (excluding diaryl/α,β-unsaturated/α-hetero) is 1. The van der Waals surface area contributed by atoms with Crippen LogP contribution in [0.1, 0.15) is 6.42 Å². The number of anilines is 1. The number of amides is 1. The molecule has 0 spiro atoms. The lowest BCUT2D eigenvalue weighted by Crippen LogP contribution is -2.35. The lowest BCUT2D eigenvalue weighted by Gasteiger charge is -2.09. The van der Waals surface area contributed by atoms with Gasteiger partial charge in [-0.05, 0) is 28.1 Å². The topological polar surface area (TPSA) is 71.1 Å². The van der Waals surface area contributed by atoms with Crippen LogP contribution in [0.25, 0.3) is 0 Å². The molecule has 6 heteroatoms. The number of nitrogens with zero attached hydrogens (tertiary/aromatic N) is 1. The van der Waals surface area contributed by atoms with E-state index in [0.29, 0.717) is 10.4 Å². The van der Waals surface area contributed by atoms with Crippen molar-refractivity contribution in [3.8, 4) is 0 Å². The van der Waals surface area contributed by atoms with E-state index >= 15 is 0 Å². The predicted molar refractivity (Wildman–Crippen MR) is 62.0 cm³/mol. The summed E-state index contributed by atoms with van der Waals surface area (Å²) in [4.78, 5) is 26.8. The van der Waals surface area contributed by atoms with E-state index in [4.69, 9.17) is 0 Å². The fourth-order valence-electron chi connectivity index (χ4n) is 1.49. The van der Waals surface area contributed by atoms with Crippen molar-refractivity contribution >= 4 is 33.4 Å². The molecule has 0 saturated carbocycles. The van der Waals surface area contributed by atoms with Gasteiger partial charge in [0.05, 0.1) is 12.6 Å². The lowest BCUT2D eigenvalue weighted by molar-refractivity contribution is -0.120. The molecule has 1 saturated heterocycles. The standard InChI is InChI=1S/C10H10BrN3O2/c11-8-2-1-3-9(13-8)14-10(16)7-4-6(15)5-12-7/h1-3,7,12H,4-5H2,(H,13,14,16)/t7-/m0/s1. The average molecular weight is 284 g/mol. The van der Waals surface area contributed by atoms with E-state index in [2.05, 4.69) is 31.5 Å². The number of halogens is 1. The van der Waals surface area contributed by atoms with Crippen LogP contribution in [0.3, 0.4) is 0 Å². The summed E-state index contributed by atoms with van der Waals surface area (Å²) in [5, 5.41) is 5.49. The van der Waals surface area contributed by atoms with Crippen molar-refractivity contribution in [2.45, 2.75) is 12.5 Å². The van der Waals surface area contributed by atoms with E-state index < -0.39 is 6.04 Å². The Morgan fingerprint density at radius 1 is 1.56 bits per heavy atom. The van der Waals surface area contributed by atoms with Gasteiger partial charge in [0.2, 0.25) is 5.91 Å². The van der Waals surface area contributed by atoms with E-state index in [1.54, 1.807) is 18.2 Å². The molecule has 2 heterocycles. The summed E-state index contributed by atoms with van der Waals surface area (Å²) in [6, 6.07) is 4.81. The first-order chi connectivity index (χ1) is 7.65. The van der Waals surface area contributed by atoms with Gasteiger partial charge >= 0.3 is 0 Å². The normalized spacial score (nSPS) is 19.8. The number of hydrogen-bond donors (Lipinski definition) is 2. The molecule has 1 aromatic heterocycles. The molecule has 84 valence electrons. The number of nitrogens with one attached hydrogen (secondary N) is 2. The van der Waals surface area contributed by atoms with Gasteiger partial charge in [-0.15, -0.1) is 0 Å². The quantitative estimate of drug-likeness (QED) is 0.785. The first kappa shape index (κ1) is 11.2. The number of carbonyl (C=O) groups is 2. The minimum Gasteiger partial charge on any atom is -0.309 e. The largest absolute Gasteiger partial charge is 0.309 e. The summed E-state index contributed by atoms with van der Waals surface area (Å²) >= 11 is 3.21. The van der Waals surface area contributed by atoms with Crippen LogP contribution in [0.15, 0.2) is 22.8 Å². The highest BCUT2D eigenvalue weighted by Crippen LogP contribution is 2.11. The third-order valence-electron chi connectivity index (χ3n) is 2.26. The molecular weight excluding hydrogens is 274 g/mol. The zero-order chi connectivity index (χ0) is 11.5. The number of aromatic nitrogens is 1. The number of rotatable bonds is 2. The van der Waals surface area contributed by atoms with Crippen LogP contribution in [-0.2, 0) is 9.59 Å². The molecule has 0 aromatic carbocycles. The van der Waals surface area contributed by atoms with Gasteiger partial charge in [-0.2, -0.15) is 0 Å². The molecule has 1 atom stereocenters. The van der Waals surface area contributed by atoms with Crippen LogP contribution in [0.5, 0.6) is 0 Å². The van der Waals surface area contributed by atoms with E-state index in [-0.39, 0.29) is 24.7 Å². The number of carbonyl (C=O) groups excluding carboxylic acids is 2. The van der Waals surface area contributed by atoms with Crippen LogP contribution in [0.4, 0.5) is 5.82 Å². The molecule has 1 aromatic rings. The molecule has 1 amide bonds. The van der Waals surface area contributed by atoms with Crippen molar-refractivity contribution in [3.63, 3.8) is 0 Å². The van der Waals surface area contributed by atoms with Gasteiger partial charge in [-0.3, -0.25) is 14.9 Å². The third kappa shape index (κ3) is 2.65. The molecule has 0 aliphatic carbocycles. The first-order valence-corrected chi connectivity index (χ1v) is 5.63. The van der Waals surface area contributed by atoms with Crippen LogP contribution >= 0.6 is 15.9 Å². The molecular formula is C10H10BrN3O2. The zero-order valence-corrected chi connectivity index (χ0v) is 9.95. The second-order valence-electron chi connectivity index (χ2n) is 3.51. The van der Waals surface area contributed by atoms with Crippen LogP contribution in [0, 0.1) is 0 Å². The minimum atomic E-state index is -0.437. The Balaban J connectivity index is 1.99. The van der Waals surface area contributed by atoms with Crippen molar-refractivity contribution in [3.05, 3.63) is 22.8 Å². The Bertz CT molecular complexity index is 436. The molecule has 2 N–H and O–H groups in total. The molecule has 5 nitrogen and oxygen atoms in total. The first-order valence-electron chi connectivity index (χ1n) is 4.83. The summed E-state index contributed by atoms with van der Waals surface area (Å²) < 4.78 is 0.653. The average Bonchev–Trinajstić information content (AvgIpc) is 2.65. The summed E-state index contributed by atoms with van der Waals surface area (Å²) in [6.07, 6.45) is 0.250. The third-order valence-corrected chi connectivity index (χ3v) is 2.70. The van der Waals surface area contributed by atoms with Crippen molar-refractivity contribution in [1.82, 2.24) is 10.3 Å². The zero-order valence-electron chi connectivity index (χ0n) is 8.37. The van der Waals surface area contributed by atoms with Gasteiger partial charge in [-0.25, -0.2) is 4.98 Å². The Kier molecular flexibility index (Phi) is 3.31. The second-order valence-corrected chi connectivity index (χ2v) is 4.32. The van der Waals surface area contributed by atoms with Gasteiger partial charge in [0.25, 0.3) is 0 Å². The van der Waals surface area contributed by atoms with Gasteiger partial charge in [0.15, 0.2) is 0 Å². The van der Waals surface area contributed by atoms with E-state index in [1.165, 1.54) is 0 Å². The van der Waals surface area contributed by atoms with Gasteiger partial charge in [-0.1, -0.05) is 6.07 Å². The summed E-state index contributed by atoms with van der Waals surface area (Å²) in [5.74, 6) is 0.305. The second kappa shape index (κ2) is 4.71. The van der Waals surface area contributed by atoms with Crippen molar-refractivity contribution in [2.24, 2.45) is 0 Å². The van der Waals surface area contributed by atoms with Gasteiger partial charge in [0, 0.05) is 6.42 Å². The van der Waals surface area contributed by atoms with Gasteiger partial charge in [0.1, 0.15) is 16.2 Å². The SMILES string of the molecule is O=C1CN[C@H](C(=O)Nc2cccc(Br)n2)C1. The summed E-state index contributed by atoms with van der Waals surface area (Å²) in [6.45, 7) is 0.268. The summed E-state index contributed by atoms with van der Waals surface area (Å²) in [7, 11) is 0. The fraction of sp³-hybridized carbons (Fsp3) is 0.300. The Labute approximate surface area is 101 Å². The number of pyridine rings is 1. The minimum absolute atomic E-state index is 0.0577. The van der Waals surface area contributed by atoms with E-state index in [1.807, 2.05) is 0 Å². The number of hydrogen-bond acceptors (Lipinski definition) is 4. The maximum atomic E-state index is 11.7. The summed E-state index contributed by atoms with van der Waals surface area (Å²) in [5.41, 5.74) is 0. The molecule has 0 radical (unpaired) electrons. The van der Waals surface area contributed by atoms with Crippen LogP contribution in [-0.4, -0.2) is 29.3 Å². The van der Waals surface area contributed by atoms with Crippen molar-refractivity contribution < 1.29 is 9.59 Å². The maximum Gasteiger partial charge on any atom is 0.243 e. The van der Waals surface area contributed by atoms with E-state index in [9.17, 15) is 9.59 Å².